The van der Waals surface area contributed by atoms with Gasteiger partial charge in [-0.05, 0) is 67.6 Å². The molecule has 1 amide bonds. The SMILES string of the molecule is CCCCN(CCCC)CCCN1C(=O)C(=O)/C(=C(/O)c2ccc(Br)cc2)C1c1ccc(C(C)(C)C)cc1. The Morgan fingerprint density at radius 3 is 1.97 bits per heavy atom. The Hall–Kier alpha value is -2.44. The number of aliphatic hydroxyl groups excluding tert-OH is 1. The third-order valence-electron chi connectivity index (χ3n) is 7.28. The molecule has 0 saturated carbocycles. The minimum Gasteiger partial charge on any atom is -0.507 e. The van der Waals surface area contributed by atoms with Crippen molar-refractivity contribution in [3.63, 3.8) is 0 Å². The van der Waals surface area contributed by atoms with Crippen LogP contribution in [0.15, 0.2) is 58.6 Å². The predicted molar refractivity (Wildman–Crippen MR) is 159 cm³/mol. The van der Waals surface area contributed by atoms with Gasteiger partial charge in [0.25, 0.3) is 11.7 Å². The molecule has 1 aliphatic heterocycles. The van der Waals surface area contributed by atoms with E-state index < -0.39 is 17.7 Å². The van der Waals surface area contributed by atoms with Gasteiger partial charge in [0, 0.05) is 16.6 Å². The number of Topliss-reactive ketones (excluding diaryl/α,β-unsaturated/α-hetero) is 1. The van der Waals surface area contributed by atoms with Crippen molar-refractivity contribution < 1.29 is 14.7 Å². The molecule has 1 aliphatic rings. The predicted octanol–water partition coefficient (Wildman–Crippen LogP) is 7.46. The highest BCUT2D eigenvalue weighted by molar-refractivity contribution is 9.10. The number of ketones is 1. The number of amides is 1. The second-order valence-corrected chi connectivity index (χ2v) is 12.2. The van der Waals surface area contributed by atoms with E-state index in [9.17, 15) is 14.7 Å². The third kappa shape index (κ3) is 7.35. The molecule has 2 aromatic rings. The van der Waals surface area contributed by atoms with E-state index in [-0.39, 0.29) is 16.7 Å². The first-order chi connectivity index (χ1) is 18.1. The van der Waals surface area contributed by atoms with E-state index in [1.807, 2.05) is 24.3 Å². The summed E-state index contributed by atoms with van der Waals surface area (Å²) in [6, 6.07) is 14.6. The molecule has 1 atom stereocenters. The molecule has 5 nitrogen and oxygen atoms in total. The fraction of sp³-hybridized carbons (Fsp3) is 0.500. The molecular weight excluding hydrogens is 540 g/mol. The Morgan fingerprint density at radius 2 is 1.45 bits per heavy atom. The summed E-state index contributed by atoms with van der Waals surface area (Å²) in [6.07, 6.45) is 5.38. The van der Waals surface area contributed by atoms with Crippen molar-refractivity contribution in [1.29, 1.82) is 0 Å². The van der Waals surface area contributed by atoms with Crippen molar-refractivity contribution in [3.8, 4) is 0 Å². The van der Waals surface area contributed by atoms with E-state index in [0.29, 0.717) is 12.1 Å². The zero-order valence-electron chi connectivity index (χ0n) is 23.6. The van der Waals surface area contributed by atoms with Gasteiger partial charge in [0.2, 0.25) is 0 Å². The Morgan fingerprint density at radius 1 is 0.895 bits per heavy atom. The highest BCUT2D eigenvalue weighted by Crippen LogP contribution is 2.40. The second-order valence-electron chi connectivity index (χ2n) is 11.3. The van der Waals surface area contributed by atoms with Crippen molar-refractivity contribution in [2.45, 2.75) is 78.2 Å². The summed E-state index contributed by atoms with van der Waals surface area (Å²) in [5, 5.41) is 11.3. The molecule has 0 spiro atoms. The maximum atomic E-state index is 13.4. The zero-order valence-corrected chi connectivity index (χ0v) is 25.2. The minimum absolute atomic E-state index is 0.0157. The normalized spacial score (nSPS) is 17.6. The van der Waals surface area contributed by atoms with Crippen LogP contribution in [0.2, 0.25) is 0 Å². The van der Waals surface area contributed by atoms with Gasteiger partial charge in [-0.25, -0.2) is 0 Å². The molecule has 1 saturated heterocycles. The Balaban J connectivity index is 1.95. The van der Waals surface area contributed by atoms with Crippen molar-refractivity contribution in [2.24, 2.45) is 0 Å². The molecule has 206 valence electrons. The molecule has 0 bridgehead atoms. The first kappa shape index (κ1) is 30.1. The van der Waals surface area contributed by atoms with Crippen molar-refractivity contribution in [3.05, 3.63) is 75.3 Å². The zero-order chi connectivity index (χ0) is 27.9. The van der Waals surface area contributed by atoms with Crippen LogP contribution in [0.4, 0.5) is 0 Å². The quantitative estimate of drug-likeness (QED) is 0.160. The standard InChI is InChI=1S/C32H43BrN2O3/c1-6-8-19-34(20-9-7-2)21-10-22-35-28(23-11-15-25(16-12-23)32(3,4)5)27(30(37)31(35)38)29(36)24-13-17-26(33)18-14-24/h11-18,28,36H,6-10,19-22H2,1-5H3/b29-27+. The molecule has 38 heavy (non-hydrogen) atoms. The molecule has 1 N–H and O–H groups in total. The highest BCUT2D eigenvalue weighted by Gasteiger charge is 2.45. The maximum absolute atomic E-state index is 13.4. The molecule has 0 radical (unpaired) electrons. The largest absolute Gasteiger partial charge is 0.507 e. The summed E-state index contributed by atoms with van der Waals surface area (Å²) in [5.41, 5.74) is 2.68. The van der Waals surface area contributed by atoms with Crippen molar-refractivity contribution >= 4 is 33.4 Å². The van der Waals surface area contributed by atoms with Crippen LogP contribution in [0.5, 0.6) is 0 Å². The number of benzene rings is 2. The first-order valence-electron chi connectivity index (χ1n) is 14.0. The number of hydrogen-bond acceptors (Lipinski definition) is 4. The summed E-state index contributed by atoms with van der Waals surface area (Å²) in [7, 11) is 0. The fourth-order valence-electron chi connectivity index (χ4n) is 4.95. The topological polar surface area (TPSA) is 60.9 Å². The van der Waals surface area contributed by atoms with Crippen LogP contribution in [0.3, 0.4) is 0 Å². The number of halogens is 1. The van der Waals surface area contributed by atoms with Crippen molar-refractivity contribution in [1.82, 2.24) is 9.80 Å². The number of hydrogen-bond donors (Lipinski definition) is 1. The van der Waals surface area contributed by atoms with E-state index in [2.05, 4.69) is 67.6 Å². The molecule has 2 aromatic carbocycles. The highest BCUT2D eigenvalue weighted by atomic mass is 79.9. The number of nitrogens with zero attached hydrogens (tertiary/aromatic N) is 2. The second kappa shape index (κ2) is 13.6. The van der Waals surface area contributed by atoms with Crippen LogP contribution >= 0.6 is 15.9 Å². The van der Waals surface area contributed by atoms with Gasteiger partial charge in [-0.2, -0.15) is 0 Å². The third-order valence-corrected chi connectivity index (χ3v) is 7.81. The molecule has 1 unspecified atom stereocenters. The van der Waals surface area contributed by atoms with E-state index in [0.717, 1.165) is 61.8 Å². The van der Waals surface area contributed by atoms with E-state index in [1.54, 1.807) is 17.0 Å². The number of likely N-dealkylation sites (tertiary alicyclic amines) is 1. The van der Waals surface area contributed by atoms with Gasteiger partial charge in [-0.3, -0.25) is 9.59 Å². The summed E-state index contributed by atoms with van der Waals surface area (Å²) in [4.78, 5) is 30.8. The Bertz CT molecular complexity index is 1110. The van der Waals surface area contributed by atoms with Crippen LogP contribution in [-0.4, -0.2) is 52.8 Å². The lowest BCUT2D eigenvalue weighted by molar-refractivity contribution is -0.140. The molecule has 0 aromatic heterocycles. The van der Waals surface area contributed by atoms with Crippen LogP contribution < -0.4 is 0 Å². The first-order valence-corrected chi connectivity index (χ1v) is 14.7. The molecular formula is C32H43BrN2O3. The van der Waals surface area contributed by atoms with E-state index in [4.69, 9.17) is 0 Å². The fourth-order valence-corrected chi connectivity index (χ4v) is 5.21. The molecule has 1 fully saturated rings. The summed E-state index contributed by atoms with van der Waals surface area (Å²) >= 11 is 3.42. The van der Waals surface area contributed by atoms with Gasteiger partial charge >= 0.3 is 0 Å². The van der Waals surface area contributed by atoms with E-state index >= 15 is 0 Å². The Labute approximate surface area is 237 Å². The van der Waals surface area contributed by atoms with Crippen LogP contribution in [0.1, 0.15) is 89.5 Å². The van der Waals surface area contributed by atoms with Gasteiger partial charge in [-0.15, -0.1) is 0 Å². The number of aliphatic hydroxyl groups is 1. The van der Waals surface area contributed by atoms with Gasteiger partial charge < -0.3 is 14.9 Å². The van der Waals surface area contributed by atoms with Gasteiger partial charge in [0.05, 0.1) is 11.6 Å². The molecule has 0 aliphatic carbocycles. The lowest BCUT2D eigenvalue weighted by Crippen LogP contribution is -2.34. The lowest BCUT2D eigenvalue weighted by Gasteiger charge is -2.28. The summed E-state index contributed by atoms with van der Waals surface area (Å²) in [5.74, 6) is -1.29. The van der Waals surface area contributed by atoms with Crippen molar-refractivity contribution in [2.75, 3.05) is 26.2 Å². The summed E-state index contributed by atoms with van der Waals surface area (Å²) in [6.45, 7) is 14.3. The molecule has 1 heterocycles. The monoisotopic (exact) mass is 582 g/mol. The van der Waals surface area contributed by atoms with Crippen LogP contribution in [0, 0.1) is 0 Å². The Kier molecular flexibility index (Phi) is 10.8. The van der Waals surface area contributed by atoms with Gasteiger partial charge in [-0.1, -0.05) is 99.8 Å². The average Bonchev–Trinajstić information content (AvgIpc) is 3.14. The lowest BCUT2D eigenvalue weighted by atomic mass is 9.85. The van der Waals surface area contributed by atoms with Crippen LogP contribution in [-0.2, 0) is 15.0 Å². The number of carbonyl (C=O) groups excluding carboxylic acids is 2. The maximum Gasteiger partial charge on any atom is 0.295 e. The molecule has 3 rings (SSSR count). The van der Waals surface area contributed by atoms with Gasteiger partial charge in [0.15, 0.2) is 0 Å². The minimum atomic E-state index is -0.621. The van der Waals surface area contributed by atoms with Gasteiger partial charge in [0.1, 0.15) is 5.76 Å². The smallest absolute Gasteiger partial charge is 0.295 e. The summed E-state index contributed by atoms with van der Waals surface area (Å²) < 4.78 is 0.875. The van der Waals surface area contributed by atoms with E-state index in [1.165, 1.54) is 5.56 Å². The molecule has 6 heteroatoms. The number of carbonyl (C=O) groups is 2. The average molecular weight is 584 g/mol. The number of rotatable bonds is 12. The number of unbranched alkanes of at least 4 members (excludes halogenated alkanes) is 2. The van der Waals surface area contributed by atoms with Crippen LogP contribution in [0.25, 0.3) is 5.76 Å².